The number of nitrogens with one attached hydrogen (secondary N) is 1. The number of benzene rings is 2. The second-order valence-corrected chi connectivity index (χ2v) is 6.27. The van der Waals surface area contributed by atoms with Crippen molar-refractivity contribution in [1.29, 1.82) is 0 Å². The van der Waals surface area contributed by atoms with Crippen molar-refractivity contribution < 1.29 is 14.3 Å². The molecule has 0 aliphatic rings. The van der Waals surface area contributed by atoms with Crippen LogP contribution in [0, 0.1) is 6.92 Å². The van der Waals surface area contributed by atoms with Crippen LogP contribution in [0.3, 0.4) is 0 Å². The lowest BCUT2D eigenvalue weighted by atomic mass is 9.98. The zero-order valence-electron chi connectivity index (χ0n) is 14.4. The molecule has 1 N–H and O–H groups in total. The predicted octanol–water partition coefficient (Wildman–Crippen LogP) is 4.80. The van der Waals surface area contributed by atoms with E-state index in [0.717, 1.165) is 5.56 Å². The first-order chi connectivity index (χ1) is 11.4. The molecule has 0 spiro atoms. The van der Waals surface area contributed by atoms with Crippen LogP contribution in [-0.2, 0) is 4.79 Å². The van der Waals surface area contributed by atoms with E-state index in [9.17, 15) is 4.79 Å². The Balaban J connectivity index is 1.93. The highest BCUT2D eigenvalue weighted by molar-refractivity contribution is 6.32. The Bertz CT molecular complexity index is 729. The summed E-state index contributed by atoms with van der Waals surface area (Å²) < 4.78 is 10.6. The summed E-state index contributed by atoms with van der Waals surface area (Å²) in [6.07, 6.45) is 0. The molecule has 128 valence electrons. The summed E-state index contributed by atoms with van der Waals surface area (Å²) in [4.78, 5) is 12.0. The molecule has 1 amide bonds. The molecule has 0 saturated heterocycles. The fourth-order valence-electron chi connectivity index (χ4n) is 2.48. The van der Waals surface area contributed by atoms with Crippen molar-refractivity contribution in [2.24, 2.45) is 0 Å². The van der Waals surface area contributed by atoms with Crippen LogP contribution in [0.5, 0.6) is 11.5 Å². The van der Waals surface area contributed by atoms with Gasteiger partial charge in [-0.1, -0.05) is 31.5 Å². The van der Waals surface area contributed by atoms with Gasteiger partial charge in [-0.3, -0.25) is 4.79 Å². The number of halogens is 1. The lowest BCUT2D eigenvalue weighted by molar-refractivity contribution is -0.118. The Morgan fingerprint density at radius 3 is 2.54 bits per heavy atom. The van der Waals surface area contributed by atoms with Crippen LogP contribution in [0.25, 0.3) is 0 Å². The monoisotopic (exact) mass is 347 g/mol. The van der Waals surface area contributed by atoms with Crippen molar-refractivity contribution in [3.8, 4) is 11.5 Å². The SMILES string of the molecule is COc1ccc(NC(=O)COc2ccc(C(C)C)c(C)c2)cc1Cl. The molecule has 2 rings (SSSR count). The number of carbonyl (C=O) groups is 1. The largest absolute Gasteiger partial charge is 0.495 e. The lowest BCUT2D eigenvalue weighted by Gasteiger charge is -2.13. The van der Waals surface area contributed by atoms with Crippen molar-refractivity contribution in [2.75, 3.05) is 19.0 Å². The van der Waals surface area contributed by atoms with Gasteiger partial charge in [0.05, 0.1) is 12.1 Å². The van der Waals surface area contributed by atoms with Crippen molar-refractivity contribution in [3.63, 3.8) is 0 Å². The topological polar surface area (TPSA) is 47.6 Å². The Kier molecular flexibility index (Phi) is 6.10. The number of ether oxygens (including phenoxy) is 2. The zero-order chi connectivity index (χ0) is 17.7. The van der Waals surface area contributed by atoms with Crippen molar-refractivity contribution in [2.45, 2.75) is 26.7 Å². The molecular weight excluding hydrogens is 326 g/mol. The summed E-state index contributed by atoms with van der Waals surface area (Å²) in [6.45, 7) is 6.28. The van der Waals surface area contributed by atoms with Gasteiger partial charge in [0.15, 0.2) is 6.61 Å². The molecule has 0 bridgehead atoms. The molecule has 0 aliphatic heterocycles. The molecule has 0 heterocycles. The lowest BCUT2D eigenvalue weighted by Crippen LogP contribution is -2.20. The van der Waals surface area contributed by atoms with E-state index >= 15 is 0 Å². The maximum absolute atomic E-state index is 12.0. The van der Waals surface area contributed by atoms with Crippen molar-refractivity contribution in [1.82, 2.24) is 0 Å². The zero-order valence-corrected chi connectivity index (χ0v) is 15.1. The number of methoxy groups -OCH3 is 1. The van der Waals surface area contributed by atoms with Crippen LogP contribution in [0.1, 0.15) is 30.9 Å². The number of hydrogen-bond acceptors (Lipinski definition) is 3. The summed E-state index contributed by atoms with van der Waals surface area (Å²) in [7, 11) is 1.54. The Morgan fingerprint density at radius 1 is 1.21 bits per heavy atom. The normalized spacial score (nSPS) is 10.6. The van der Waals surface area contributed by atoms with E-state index in [4.69, 9.17) is 21.1 Å². The van der Waals surface area contributed by atoms with Gasteiger partial charge in [-0.15, -0.1) is 0 Å². The van der Waals surface area contributed by atoms with E-state index in [1.165, 1.54) is 5.56 Å². The van der Waals surface area contributed by atoms with Crippen LogP contribution in [-0.4, -0.2) is 19.6 Å². The van der Waals surface area contributed by atoms with Gasteiger partial charge in [-0.25, -0.2) is 0 Å². The van der Waals surface area contributed by atoms with E-state index in [0.29, 0.717) is 28.1 Å². The first-order valence-electron chi connectivity index (χ1n) is 7.77. The minimum atomic E-state index is -0.248. The molecule has 2 aromatic rings. The Labute approximate surface area is 147 Å². The van der Waals surface area contributed by atoms with Gasteiger partial charge in [-0.2, -0.15) is 0 Å². The summed E-state index contributed by atoms with van der Waals surface area (Å²) in [6, 6.07) is 10.9. The summed E-state index contributed by atoms with van der Waals surface area (Å²) >= 11 is 6.04. The highest BCUT2D eigenvalue weighted by Crippen LogP contribution is 2.27. The maximum atomic E-state index is 12.0. The maximum Gasteiger partial charge on any atom is 0.262 e. The first-order valence-corrected chi connectivity index (χ1v) is 8.15. The highest BCUT2D eigenvalue weighted by atomic mass is 35.5. The van der Waals surface area contributed by atoms with E-state index < -0.39 is 0 Å². The molecule has 0 fully saturated rings. The van der Waals surface area contributed by atoms with Gasteiger partial charge in [0, 0.05) is 5.69 Å². The van der Waals surface area contributed by atoms with Crippen LogP contribution >= 0.6 is 11.6 Å². The molecule has 24 heavy (non-hydrogen) atoms. The van der Waals surface area contributed by atoms with Crippen LogP contribution in [0.2, 0.25) is 5.02 Å². The fraction of sp³-hybridized carbons (Fsp3) is 0.316. The molecular formula is C19H22ClNO3. The van der Waals surface area contributed by atoms with Crippen molar-refractivity contribution >= 4 is 23.2 Å². The third-order valence-electron chi connectivity index (χ3n) is 3.67. The molecule has 0 aliphatic carbocycles. The van der Waals surface area contributed by atoms with E-state index in [1.54, 1.807) is 25.3 Å². The van der Waals surface area contributed by atoms with E-state index in [2.05, 4.69) is 19.2 Å². The number of amides is 1. The van der Waals surface area contributed by atoms with Gasteiger partial charge >= 0.3 is 0 Å². The number of rotatable bonds is 6. The van der Waals surface area contributed by atoms with Gasteiger partial charge in [-0.05, 0) is 54.3 Å². The highest BCUT2D eigenvalue weighted by Gasteiger charge is 2.08. The average Bonchev–Trinajstić information content (AvgIpc) is 2.53. The Morgan fingerprint density at radius 2 is 1.96 bits per heavy atom. The van der Waals surface area contributed by atoms with Gasteiger partial charge in [0.25, 0.3) is 5.91 Å². The average molecular weight is 348 g/mol. The molecule has 4 nitrogen and oxygen atoms in total. The van der Waals surface area contributed by atoms with Gasteiger partial charge in [0.2, 0.25) is 0 Å². The molecule has 0 radical (unpaired) electrons. The van der Waals surface area contributed by atoms with E-state index in [1.807, 2.05) is 25.1 Å². The van der Waals surface area contributed by atoms with Crippen molar-refractivity contribution in [3.05, 3.63) is 52.5 Å². The van der Waals surface area contributed by atoms with E-state index in [-0.39, 0.29) is 12.5 Å². The molecule has 0 unspecified atom stereocenters. The van der Waals surface area contributed by atoms with Crippen LogP contribution in [0.15, 0.2) is 36.4 Å². The molecule has 2 aromatic carbocycles. The smallest absolute Gasteiger partial charge is 0.262 e. The predicted molar refractivity (Wildman–Crippen MR) is 97.4 cm³/mol. The molecule has 5 heteroatoms. The molecule has 0 atom stereocenters. The first kappa shape index (κ1) is 18.1. The number of carbonyl (C=O) groups excluding carboxylic acids is 1. The third kappa shape index (κ3) is 4.65. The summed E-state index contributed by atoms with van der Waals surface area (Å²) in [5.74, 6) is 1.45. The number of aryl methyl sites for hydroxylation is 1. The summed E-state index contributed by atoms with van der Waals surface area (Å²) in [5, 5.41) is 3.19. The second-order valence-electron chi connectivity index (χ2n) is 5.86. The standard InChI is InChI=1S/C19H22ClNO3/c1-12(2)16-7-6-15(9-13(16)3)24-11-19(22)21-14-5-8-18(23-4)17(20)10-14/h5-10,12H,11H2,1-4H3,(H,21,22). The van der Waals surface area contributed by atoms with Gasteiger partial charge < -0.3 is 14.8 Å². The number of anilines is 1. The van der Waals surface area contributed by atoms with Gasteiger partial charge in [0.1, 0.15) is 11.5 Å². The summed E-state index contributed by atoms with van der Waals surface area (Å²) in [5.41, 5.74) is 3.03. The molecule has 0 saturated carbocycles. The minimum Gasteiger partial charge on any atom is -0.495 e. The Hall–Kier alpha value is -2.20. The fourth-order valence-corrected chi connectivity index (χ4v) is 2.73. The van der Waals surface area contributed by atoms with Crippen LogP contribution < -0.4 is 14.8 Å². The quantitative estimate of drug-likeness (QED) is 0.816. The minimum absolute atomic E-state index is 0.0654. The molecule has 0 aromatic heterocycles. The van der Waals surface area contributed by atoms with Crippen LogP contribution in [0.4, 0.5) is 5.69 Å². The second kappa shape index (κ2) is 8.06. The number of hydrogen-bond donors (Lipinski definition) is 1. The third-order valence-corrected chi connectivity index (χ3v) is 3.96.